The van der Waals surface area contributed by atoms with Crippen LogP contribution in [0.5, 0.6) is 0 Å². The highest BCUT2D eigenvalue weighted by atomic mass is 15.0. The predicted molar refractivity (Wildman–Crippen MR) is 92.5 cm³/mol. The molecule has 118 valence electrons. The maximum absolute atomic E-state index is 3.83. The minimum absolute atomic E-state index is 0.416. The second kappa shape index (κ2) is 6.12. The molecule has 1 heteroatoms. The Morgan fingerprint density at radius 3 is 2.24 bits per heavy atom. The lowest BCUT2D eigenvalue weighted by molar-refractivity contribution is 0.410. The highest BCUT2D eigenvalue weighted by Crippen LogP contribution is 2.72. The van der Waals surface area contributed by atoms with E-state index in [-0.39, 0.29) is 0 Å². The summed E-state index contributed by atoms with van der Waals surface area (Å²) in [5, 5.41) is 3.83. The Morgan fingerprint density at radius 2 is 1.71 bits per heavy atom. The standard InChI is InChI=1S/C20H33N/c1-7-10-15-11-9-12-16(14-15)17(21-13-8-2)18-19(3,4)20(18,5)6/h9,11-12,14,17-18,21H,7-8,10,13H2,1-6H3. The molecule has 1 fully saturated rings. The summed E-state index contributed by atoms with van der Waals surface area (Å²) in [6.45, 7) is 15.3. The normalized spacial score (nSPS) is 21.2. The molecule has 0 heterocycles. The van der Waals surface area contributed by atoms with Crippen LogP contribution in [-0.4, -0.2) is 6.54 Å². The van der Waals surface area contributed by atoms with Gasteiger partial charge in [-0.3, -0.25) is 0 Å². The first-order valence-corrected chi connectivity index (χ1v) is 8.68. The van der Waals surface area contributed by atoms with Crippen LogP contribution in [0.15, 0.2) is 24.3 Å². The molecule has 1 saturated carbocycles. The Kier molecular flexibility index (Phi) is 4.82. The van der Waals surface area contributed by atoms with Gasteiger partial charge in [-0.15, -0.1) is 0 Å². The fraction of sp³-hybridized carbons (Fsp3) is 0.700. The molecule has 2 rings (SSSR count). The predicted octanol–water partition coefficient (Wildman–Crippen LogP) is 5.36. The fourth-order valence-corrected chi connectivity index (χ4v) is 4.04. The minimum atomic E-state index is 0.416. The Labute approximate surface area is 131 Å². The van der Waals surface area contributed by atoms with Crippen molar-refractivity contribution >= 4 is 0 Å². The largest absolute Gasteiger partial charge is 0.310 e. The van der Waals surface area contributed by atoms with E-state index in [9.17, 15) is 0 Å². The summed E-state index contributed by atoms with van der Waals surface area (Å²) in [7, 11) is 0. The van der Waals surface area contributed by atoms with E-state index in [0.717, 1.165) is 6.54 Å². The lowest BCUT2D eigenvalue weighted by Gasteiger charge is -2.22. The molecule has 0 amide bonds. The van der Waals surface area contributed by atoms with Crippen molar-refractivity contribution in [2.45, 2.75) is 66.8 Å². The van der Waals surface area contributed by atoms with Crippen LogP contribution in [0.2, 0.25) is 0 Å². The van der Waals surface area contributed by atoms with E-state index in [0.29, 0.717) is 22.8 Å². The highest BCUT2D eigenvalue weighted by molar-refractivity contribution is 5.31. The summed E-state index contributed by atoms with van der Waals surface area (Å²) in [6.07, 6.45) is 3.60. The molecule has 1 unspecified atom stereocenters. The van der Waals surface area contributed by atoms with Gasteiger partial charge in [0.1, 0.15) is 0 Å². The average Bonchev–Trinajstić information content (AvgIpc) is 2.83. The van der Waals surface area contributed by atoms with Crippen molar-refractivity contribution in [3.63, 3.8) is 0 Å². The molecule has 21 heavy (non-hydrogen) atoms. The van der Waals surface area contributed by atoms with Crippen LogP contribution in [0, 0.1) is 16.7 Å². The number of hydrogen-bond donors (Lipinski definition) is 1. The van der Waals surface area contributed by atoms with Crippen LogP contribution in [0.1, 0.15) is 71.6 Å². The molecular weight excluding hydrogens is 254 g/mol. The third-order valence-electron chi connectivity index (χ3n) is 5.93. The second-order valence-corrected chi connectivity index (χ2v) is 7.85. The molecular formula is C20H33N. The molecule has 1 aromatic rings. The van der Waals surface area contributed by atoms with E-state index >= 15 is 0 Å². The van der Waals surface area contributed by atoms with E-state index in [1.165, 1.54) is 30.4 Å². The third kappa shape index (κ3) is 3.04. The van der Waals surface area contributed by atoms with Gasteiger partial charge in [0, 0.05) is 6.04 Å². The third-order valence-corrected chi connectivity index (χ3v) is 5.93. The summed E-state index contributed by atoms with van der Waals surface area (Å²) < 4.78 is 0. The molecule has 0 bridgehead atoms. The molecule has 1 aliphatic carbocycles. The van der Waals surface area contributed by atoms with E-state index in [1.807, 2.05) is 0 Å². The summed E-state index contributed by atoms with van der Waals surface area (Å²) in [5.41, 5.74) is 3.80. The molecule has 0 aliphatic heterocycles. The Balaban J connectivity index is 2.27. The van der Waals surface area contributed by atoms with Crippen molar-refractivity contribution in [1.82, 2.24) is 5.32 Å². The first-order chi connectivity index (χ1) is 9.86. The van der Waals surface area contributed by atoms with Crippen molar-refractivity contribution in [2.24, 2.45) is 16.7 Å². The number of rotatable bonds is 7. The minimum Gasteiger partial charge on any atom is -0.310 e. The highest BCUT2D eigenvalue weighted by Gasteiger charge is 2.67. The van der Waals surface area contributed by atoms with Gasteiger partial charge in [0.25, 0.3) is 0 Å². The van der Waals surface area contributed by atoms with Gasteiger partial charge in [-0.25, -0.2) is 0 Å². The summed E-state index contributed by atoms with van der Waals surface area (Å²) >= 11 is 0. The smallest absolute Gasteiger partial charge is 0.0359 e. The molecule has 1 nitrogen and oxygen atoms in total. The number of nitrogens with one attached hydrogen (secondary N) is 1. The summed E-state index contributed by atoms with van der Waals surface area (Å²) in [5.74, 6) is 0.716. The van der Waals surface area contributed by atoms with Crippen LogP contribution in [0.25, 0.3) is 0 Å². The fourth-order valence-electron chi connectivity index (χ4n) is 4.04. The quantitative estimate of drug-likeness (QED) is 0.711. The first-order valence-electron chi connectivity index (χ1n) is 8.68. The van der Waals surface area contributed by atoms with E-state index in [4.69, 9.17) is 0 Å². The molecule has 0 aromatic heterocycles. The summed E-state index contributed by atoms with van der Waals surface area (Å²) in [4.78, 5) is 0. The van der Waals surface area contributed by atoms with Gasteiger partial charge in [0.05, 0.1) is 0 Å². The van der Waals surface area contributed by atoms with Crippen LogP contribution in [-0.2, 0) is 6.42 Å². The van der Waals surface area contributed by atoms with Gasteiger partial charge in [-0.2, -0.15) is 0 Å². The average molecular weight is 287 g/mol. The van der Waals surface area contributed by atoms with Gasteiger partial charge in [-0.1, -0.05) is 72.2 Å². The van der Waals surface area contributed by atoms with Crippen molar-refractivity contribution in [3.05, 3.63) is 35.4 Å². The molecule has 0 spiro atoms. The number of hydrogen-bond acceptors (Lipinski definition) is 1. The van der Waals surface area contributed by atoms with Crippen molar-refractivity contribution in [2.75, 3.05) is 6.54 Å². The monoisotopic (exact) mass is 287 g/mol. The van der Waals surface area contributed by atoms with Crippen molar-refractivity contribution in [1.29, 1.82) is 0 Å². The Hall–Kier alpha value is -0.820. The lowest BCUT2D eigenvalue weighted by Crippen LogP contribution is -2.26. The van der Waals surface area contributed by atoms with E-state index in [1.54, 1.807) is 0 Å². The lowest BCUT2D eigenvalue weighted by atomic mass is 9.94. The topological polar surface area (TPSA) is 12.0 Å². The maximum Gasteiger partial charge on any atom is 0.0359 e. The van der Waals surface area contributed by atoms with E-state index < -0.39 is 0 Å². The summed E-state index contributed by atoms with van der Waals surface area (Å²) in [6, 6.07) is 9.75. The van der Waals surface area contributed by atoms with Crippen LogP contribution < -0.4 is 5.32 Å². The SMILES string of the molecule is CCCNC(c1cccc(CCC)c1)C1C(C)(C)C1(C)C. The van der Waals surface area contributed by atoms with Gasteiger partial charge in [0.15, 0.2) is 0 Å². The van der Waals surface area contributed by atoms with Crippen molar-refractivity contribution in [3.8, 4) is 0 Å². The van der Waals surface area contributed by atoms with Gasteiger partial charge in [0.2, 0.25) is 0 Å². The number of benzene rings is 1. The zero-order valence-electron chi connectivity index (χ0n) is 14.8. The molecule has 1 N–H and O–H groups in total. The van der Waals surface area contributed by atoms with Crippen LogP contribution in [0.3, 0.4) is 0 Å². The Bertz CT molecular complexity index is 458. The van der Waals surface area contributed by atoms with Crippen LogP contribution in [0.4, 0.5) is 0 Å². The molecule has 0 radical (unpaired) electrons. The maximum atomic E-state index is 3.83. The zero-order valence-corrected chi connectivity index (χ0v) is 14.8. The second-order valence-electron chi connectivity index (χ2n) is 7.85. The molecule has 1 aromatic carbocycles. The van der Waals surface area contributed by atoms with Gasteiger partial charge in [-0.05, 0) is 47.3 Å². The first kappa shape index (κ1) is 16.5. The van der Waals surface area contributed by atoms with Crippen molar-refractivity contribution < 1.29 is 0 Å². The molecule has 0 saturated heterocycles. The van der Waals surface area contributed by atoms with Gasteiger partial charge < -0.3 is 5.32 Å². The molecule has 1 atom stereocenters. The van der Waals surface area contributed by atoms with E-state index in [2.05, 4.69) is 71.1 Å². The Morgan fingerprint density at radius 1 is 1.05 bits per heavy atom. The zero-order chi connectivity index (χ0) is 15.7. The number of aryl methyl sites for hydroxylation is 1. The van der Waals surface area contributed by atoms with Gasteiger partial charge >= 0.3 is 0 Å². The molecule has 1 aliphatic rings. The van der Waals surface area contributed by atoms with Crippen LogP contribution >= 0.6 is 0 Å².